The van der Waals surface area contributed by atoms with E-state index in [0.717, 1.165) is 43.9 Å². The van der Waals surface area contributed by atoms with Gasteiger partial charge in [0.25, 0.3) is 5.91 Å². The van der Waals surface area contributed by atoms with Crippen LogP contribution in [0.3, 0.4) is 0 Å². The summed E-state index contributed by atoms with van der Waals surface area (Å²) in [5.41, 5.74) is 3.90. The molecule has 37 heavy (non-hydrogen) atoms. The molecule has 0 fully saturated rings. The lowest BCUT2D eigenvalue weighted by Gasteiger charge is -2.22. The van der Waals surface area contributed by atoms with Gasteiger partial charge in [0.05, 0.1) is 35.2 Å². The van der Waals surface area contributed by atoms with Gasteiger partial charge >= 0.3 is 0 Å². The second kappa shape index (κ2) is 10.1. The van der Waals surface area contributed by atoms with E-state index in [0.29, 0.717) is 6.42 Å². The summed E-state index contributed by atoms with van der Waals surface area (Å²) in [5, 5.41) is 10.8. The van der Waals surface area contributed by atoms with E-state index in [-0.39, 0.29) is 17.7 Å². The van der Waals surface area contributed by atoms with Gasteiger partial charge in [-0.1, -0.05) is 84.6 Å². The van der Waals surface area contributed by atoms with E-state index in [9.17, 15) is 4.79 Å². The van der Waals surface area contributed by atoms with Gasteiger partial charge in [-0.2, -0.15) is 5.10 Å². The third-order valence-corrected chi connectivity index (χ3v) is 7.58. The number of nitrogens with zero attached hydrogens (tertiary/aromatic N) is 3. The number of rotatable bonds is 6. The number of ether oxygens (including phenoxy) is 1. The largest absolute Gasteiger partial charge is 0.497 e. The summed E-state index contributed by atoms with van der Waals surface area (Å²) >= 11 is 1.44. The van der Waals surface area contributed by atoms with Crippen molar-refractivity contribution in [1.82, 2.24) is 9.99 Å². The Balaban J connectivity index is 1.28. The number of thioether (sulfide) groups is 1. The molecule has 5 aromatic rings. The van der Waals surface area contributed by atoms with Crippen molar-refractivity contribution in [3.63, 3.8) is 0 Å². The zero-order valence-electron chi connectivity index (χ0n) is 20.4. The number of amides is 1. The Hall–Kier alpha value is -4.16. The van der Waals surface area contributed by atoms with Gasteiger partial charge < -0.3 is 4.74 Å². The maximum absolute atomic E-state index is 13.5. The zero-order chi connectivity index (χ0) is 25.2. The molecule has 0 aliphatic carbocycles. The summed E-state index contributed by atoms with van der Waals surface area (Å²) in [7, 11) is 1.65. The Labute approximate surface area is 219 Å². The molecule has 4 aromatic carbocycles. The number of hydrazone groups is 1. The molecule has 6 heteroatoms. The second-order valence-electron chi connectivity index (χ2n) is 8.97. The van der Waals surface area contributed by atoms with E-state index in [1.54, 1.807) is 12.1 Å². The SMILES string of the molecule is COc1ccc([C@@H]2CC(c3ccc4ccccc4c3)=NN2C(=O)CSc2ccc3ccccc3n2)cc1. The standard InChI is InChI=1S/C31H25N3O2S/c1-36-26-15-12-23(13-16-26)29-19-28(25-11-10-21-6-2-3-8-24(21)18-25)33-34(29)31(35)20-37-30-17-14-22-7-4-5-9-27(22)32-30/h2-18,29H,19-20H2,1H3/t29-/m0/s1. The maximum Gasteiger partial charge on any atom is 0.253 e. The molecule has 1 atom stereocenters. The van der Waals surface area contributed by atoms with E-state index in [2.05, 4.69) is 30.3 Å². The number of hydrogen-bond acceptors (Lipinski definition) is 5. The highest BCUT2D eigenvalue weighted by Gasteiger charge is 2.33. The molecule has 182 valence electrons. The minimum absolute atomic E-state index is 0.0448. The van der Waals surface area contributed by atoms with Gasteiger partial charge in [0, 0.05) is 11.8 Å². The van der Waals surface area contributed by atoms with Crippen molar-refractivity contribution >= 4 is 45.1 Å². The fourth-order valence-corrected chi connectivity index (χ4v) is 5.43. The van der Waals surface area contributed by atoms with Crippen LogP contribution in [0.15, 0.2) is 113 Å². The lowest BCUT2D eigenvalue weighted by Crippen LogP contribution is -2.28. The molecule has 0 unspecified atom stereocenters. The molecule has 1 aromatic heterocycles. The van der Waals surface area contributed by atoms with E-state index in [1.165, 1.54) is 17.1 Å². The van der Waals surface area contributed by atoms with Crippen LogP contribution < -0.4 is 4.74 Å². The average molecular weight is 504 g/mol. The fraction of sp³-hybridized carbons (Fsp3) is 0.129. The van der Waals surface area contributed by atoms with E-state index < -0.39 is 0 Å². The second-order valence-corrected chi connectivity index (χ2v) is 9.97. The van der Waals surface area contributed by atoms with Gasteiger partial charge in [-0.05, 0) is 52.2 Å². The third kappa shape index (κ3) is 4.80. The first-order valence-corrected chi connectivity index (χ1v) is 13.2. The summed E-state index contributed by atoms with van der Waals surface area (Å²) in [4.78, 5) is 18.2. The van der Waals surface area contributed by atoms with Crippen LogP contribution in [-0.2, 0) is 4.79 Å². The topological polar surface area (TPSA) is 54.8 Å². The molecule has 5 nitrogen and oxygen atoms in total. The average Bonchev–Trinajstić information content (AvgIpc) is 3.41. The van der Waals surface area contributed by atoms with E-state index in [1.807, 2.05) is 72.8 Å². The van der Waals surface area contributed by atoms with Crippen LogP contribution in [0.5, 0.6) is 5.75 Å². The molecule has 1 amide bonds. The Bertz CT molecular complexity index is 1630. The van der Waals surface area contributed by atoms with Crippen molar-refractivity contribution in [3.8, 4) is 5.75 Å². The van der Waals surface area contributed by atoms with Crippen molar-refractivity contribution in [2.75, 3.05) is 12.9 Å². The predicted octanol–water partition coefficient (Wildman–Crippen LogP) is 6.87. The number of benzene rings is 4. The predicted molar refractivity (Wildman–Crippen MR) is 150 cm³/mol. The molecule has 0 saturated carbocycles. The number of aromatic nitrogens is 1. The third-order valence-electron chi connectivity index (χ3n) is 6.67. The molecule has 1 aliphatic rings. The quantitative estimate of drug-likeness (QED) is 0.237. The van der Waals surface area contributed by atoms with Crippen LogP contribution in [-0.4, -0.2) is 34.5 Å². The molecule has 1 aliphatic heterocycles. The van der Waals surface area contributed by atoms with Gasteiger partial charge in [-0.15, -0.1) is 0 Å². The molecule has 0 saturated heterocycles. The minimum atomic E-state index is -0.176. The molecule has 2 heterocycles. The van der Waals surface area contributed by atoms with Crippen molar-refractivity contribution < 1.29 is 9.53 Å². The molecule has 0 N–H and O–H groups in total. The monoisotopic (exact) mass is 503 g/mol. The highest BCUT2D eigenvalue weighted by molar-refractivity contribution is 7.99. The number of hydrogen-bond donors (Lipinski definition) is 0. The fourth-order valence-electron chi connectivity index (χ4n) is 4.70. The molecular formula is C31H25N3O2S. The van der Waals surface area contributed by atoms with Crippen LogP contribution in [0.25, 0.3) is 21.7 Å². The highest BCUT2D eigenvalue weighted by atomic mass is 32.2. The Morgan fingerprint density at radius 1 is 0.892 bits per heavy atom. The number of para-hydroxylation sites is 1. The van der Waals surface area contributed by atoms with Gasteiger partial charge in [-0.25, -0.2) is 9.99 Å². The molecule has 0 bridgehead atoms. The van der Waals surface area contributed by atoms with Crippen molar-refractivity contribution in [1.29, 1.82) is 0 Å². The molecule has 6 rings (SSSR count). The number of carbonyl (C=O) groups is 1. The molecular weight excluding hydrogens is 478 g/mol. The van der Waals surface area contributed by atoms with Crippen LogP contribution >= 0.6 is 11.8 Å². The van der Waals surface area contributed by atoms with Crippen LogP contribution in [0.4, 0.5) is 0 Å². The lowest BCUT2D eigenvalue weighted by atomic mass is 9.97. The van der Waals surface area contributed by atoms with Gasteiger partial charge in [0.15, 0.2) is 0 Å². The number of fused-ring (bicyclic) bond motifs is 2. The first-order valence-electron chi connectivity index (χ1n) is 12.2. The lowest BCUT2D eigenvalue weighted by molar-refractivity contribution is -0.130. The van der Waals surface area contributed by atoms with Gasteiger partial charge in [0.1, 0.15) is 5.75 Å². The number of carbonyl (C=O) groups excluding carboxylic acids is 1. The smallest absolute Gasteiger partial charge is 0.253 e. The van der Waals surface area contributed by atoms with E-state index in [4.69, 9.17) is 14.8 Å². The highest BCUT2D eigenvalue weighted by Crippen LogP contribution is 2.35. The van der Waals surface area contributed by atoms with Gasteiger partial charge in [0.2, 0.25) is 0 Å². The Kier molecular flexibility index (Phi) is 6.33. The summed E-state index contributed by atoms with van der Waals surface area (Å²) in [5.74, 6) is 0.997. The molecule has 0 spiro atoms. The molecule has 0 radical (unpaired) electrons. The first kappa shape index (κ1) is 23.3. The van der Waals surface area contributed by atoms with Crippen LogP contribution in [0.1, 0.15) is 23.6 Å². The summed E-state index contributed by atoms with van der Waals surface area (Å²) in [6.07, 6.45) is 0.648. The van der Waals surface area contributed by atoms with E-state index >= 15 is 0 Å². The Morgan fingerprint density at radius 3 is 2.43 bits per heavy atom. The summed E-state index contributed by atoms with van der Waals surface area (Å²) in [6, 6.07) is 34.4. The van der Waals surface area contributed by atoms with Gasteiger partial charge in [-0.3, -0.25) is 4.79 Å². The van der Waals surface area contributed by atoms with Crippen molar-refractivity contribution in [2.45, 2.75) is 17.5 Å². The Morgan fingerprint density at radius 2 is 1.62 bits per heavy atom. The first-order chi connectivity index (χ1) is 18.2. The number of methoxy groups -OCH3 is 1. The summed E-state index contributed by atoms with van der Waals surface area (Å²) < 4.78 is 5.34. The van der Waals surface area contributed by atoms with Crippen molar-refractivity contribution in [2.24, 2.45) is 5.10 Å². The van der Waals surface area contributed by atoms with Crippen molar-refractivity contribution in [3.05, 3.63) is 114 Å². The number of pyridine rings is 1. The van der Waals surface area contributed by atoms with Crippen LogP contribution in [0.2, 0.25) is 0 Å². The summed E-state index contributed by atoms with van der Waals surface area (Å²) in [6.45, 7) is 0. The minimum Gasteiger partial charge on any atom is -0.497 e. The van der Waals surface area contributed by atoms with Crippen LogP contribution in [0, 0.1) is 0 Å². The normalized spacial score (nSPS) is 15.2. The zero-order valence-corrected chi connectivity index (χ0v) is 21.2. The maximum atomic E-state index is 13.5.